The lowest BCUT2D eigenvalue weighted by Gasteiger charge is -2.39. The molecule has 0 aromatic heterocycles. The van der Waals surface area contributed by atoms with Crippen LogP contribution in [0.2, 0.25) is 0 Å². The van der Waals surface area contributed by atoms with E-state index in [1.54, 1.807) is 0 Å². The number of nitrogens with zero attached hydrogens (tertiary/aromatic N) is 2. The number of amides is 1. The summed E-state index contributed by atoms with van der Waals surface area (Å²) in [5.41, 5.74) is 0. The Morgan fingerprint density at radius 3 is 2.74 bits per heavy atom. The third kappa shape index (κ3) is 3.20. The number of carbonyl (C=O) groups excluding carboxylic acids is 1. The van der Waals surface area contributed by atoms with Crippen molar-refractivity contribution < 1.29 is 18.0 Å². The number of alkyl halides is 3. The Hall–Kier alpha value is -0.820. The summed E-state index contributed by atoms with van der Waals surface area (Å²) < 4.78 is 39.5. The van der Waals surface area contributed by atoms with Crippen molar-refractivity contribution in [2.45, 2.75) is 44.6 Å². The van der Waals surface area contributed by atoms with Crippen molar-refractivity contribution in [1.82, 2.24) is 15.1 Å². The highest BCUT2D eigenvalue weighted by Crippen LogP contribution is 2.31. The van der Waals surface area contributed by atoms with Crippen molar-refractivity contribution in [2.75, 3.05) is 26.2 Å². The molecule has 2 fully saturated rings. The maximum atomic E-state index is 13.2. The van der Waals surface area contributed by atoms with Gasteiger partial charge < -0.3 is 5.32 Å². The summed E-state index contributed by atoms with van der Waals surface area (Å²) in [4.78, 5) is 14.9. The van der Waals surface area contributed by atoms with Gasteiger partial charge in [-0.1, -0.05) is 6.92 Å². The van der Waals surface area contributed by atoms with Crippen LogP contribution in [0.15, 0.2) is 0 Å². The third-order valence-corrected chi connectivity index (χ3v) is 3.99. The van der Waals surface area contributed by atoms with E-state index in [0.29, 0.717) is 0 Å². The zero-order chi connectivity index (χ0) is 14.0. The molecular formula is C12H20F3N3O. The van der Waals surface area contributed by atoms with Crippen molar-refractivity contribution in [1.29, 1.82) is 0 Å². The number of carbonyl (C=O) groups is 1. The largest absolute Gasteiger partial charge is 0.405 e. The van der Waals surface area contributed by atoms with E-state index in [1.807, 2.05) is 6.92 Å². The fourth-order valence-electron chi connectivity index (χ4n) is 3.02. The van der Waals surface area contributed by atoms with Crippen LogP contribution in [0.5, 0.6) is 0 Å². The van der Waals surface area contributed by atoms with Gasteiger partial charge >= 0.3 is 6.18 Å². The van der Waals surface area contributed by atoms with Crippen LogP contribution in [0.25, 0.3) is 0 Å². The number of hydrogen-bond donors (Lipinski definition) is 1. The smallest absolute Gasteiger partial charge is 0.354 e. The van der Waals surface area contributed by atoms with Gasteiger partial charge in [-0.25, -0.2) is 0 Å². The van der Waals surface area contributed by atoms with Crippen molar-refractivity contribution in [3.63, 3.8) is 0 Å². The molecule has 1 amide bonds. The van der Waals surface area contributed by atoms with Gasteiger partial charge in [0.05, 0.1) is 6.17 Å². The van der Waals surface area contributed by atoms with Crippen molar-refractivity contribution >= 4 is 5.91 Å². The van der Waals surface area contributed by atoms with E-state index in [0.717, 1.165) is 25.9 Å². The molecule has 0 aromatic carbocycles. The first-order valence-corrected chi connectivity index (χ1v) is 6.76. The Kier molecular flexibility index (Phi) is 4.35. The number of halogens is 3. The molecule has 7 heteroatoms. The topological polar surface area (TPSA) is 35.6 Å². The summed E-state index contributed by atoms with van der Waals surface area (Å²) >= 11 is 0. The minimum atomic E-state index is -4.31. The highest BCUT2D eigenvalue weighted by molar-refractivity contribution is 5.76. The summed E-state index contributed by atoms with van der Waals surface area (Å²) in [5, 5.41) is 2.37. The fourth-order valence-corrected chi connectivity index (χ4v) is 3.02. The minimum Gasteiger partial charge on any atom is -0.354 e. The molecule has 2 rings (SSSR count). The lowest BCUT2D eigenvalue weighted by Crippen LogP contribution is -2.57. The standard InChI is InChI=1S/C12H20F3N3O/c1-2-17-6-3-4-11(17)18-7-5-10(19)16-8-9(18)12(13,14)15/h9,11H,2-8H2,1H3,(H,16,19). The normalized spacial score (nSPS) is 31.3. The van der Waals surface area contributed by atoms with E-state index in [2.05, 4.69) is 10.2 Å². The molecule has 2 heterocycles. The molecule has 2 atom stereocenters. The first kappa shape index (κ1) is 14.6. The van der Waals surface area contributed by atoms with Gasteiger partial charge in [-0.05, 0) is 25.9 Å². The van der Waals surface area contributed by atoms with Crippen LogP contribution in [0, 0.1) is 0 Å². The van der Waals surface area contributed by atoms with Gasteiger partial charge in [0, 0.05) is 19.5 Å². The van der Waals surface area contributed by atoms with Crippen molar-refractivity contribution in [2.24, 2.45) is 0 Å². The second-order valence-electron chi connectivity index (χ2n) is 5.10. The monoisotopic (exact) mass is 279 g/mol. The van der Waals surface area contributed by atoms with Crippen LogP contribution in [-0.2, 0) is 4.79 Å². The van der Waals surface area contributed by atoms with Crippen LogP contribution < -0.4 is 5.32 Å². The van der Waals surface area contributed by atoms with Gasteiger partial charge in [0.2, 0.25) is 5.91 Å². The molecule has 2 unspecified atom stereocenters. The quantitative estimate of drug-likeness (QED) is 0.824. The van der Waals surface area contributed by atoms with E-state index in [-0.39, 0.29) is 31.6 Å². The van der Waals surface area contributed by atoms with Crippen LogP contribution in [0.1, 0.15) is 26.2 Å². The maximum Gasteiger partial charge on any atom is 0.405 e. The average Bonchev–Trinajstić information content (AvgIpc) is 2.71. The average molecular weight is 279 g/mol. The lowest BCUT2D eigenvalue weighted by molar-refractivity contribution is -0.193. The predicted octanol–water partition coefficient (Wildman–Crippen LogP) is 1.18. The Morgan fingerprint density at radius 2 is 2.11 bits per heavy atom. The SMILES string of the molecule is CCN1CCCC1N1CCC(=O)NCC1C(F)(F)F. The van der Waals surface area contributed by atoms with Gasteiger partial charge in [0.25, 0.3) is 0 Å². The van der Waals surface area contributed by atoms with Crippen LogP contribution in [0.4, 0.5) is 13.2 Å². The lowest BCUT2D eigenvalue weighted by atomic mass is 10.2. The Bertz CT molecular complexity index is 335. The highest BCUT2D eigenvalue weighted by atomic mass is 19.4. The Balaban J connectivity index is 2.19. The summed E-state index contributed by atoms with van der Waals surface area (Å²) in [6.07, 6.45) is -2.69. The molecule has 2 aliphatic rings. The van der Waals surface area contributed by atoms with Crippen LogP contribution in [0.3, 0.4) is 0 Å². The zero-order valence-electron chi connectivity index (χ0n) is 11.0. The zero-order valence-corrected chi connectivity index (χ0v) is 11.0. The van der Waals surface area contributed by atoms with Crippen LogP contribution >= 0.6 is 0 Å². The van der Waals surface area contributed by atoms with Gasteiger partial charge in [-0.2, -0.15) is 13.2 Å². The molecule has 2 aliphatic heterocycles. The third-order valence-electron chi connectivity index (χ3n) is 3.99. The predicted molar refractivity (Wildman–Crippen MR) is 64.4 cm³/mol. The Labute approximate surface area is 110 Å². The minimum absolute atomic E-state index is 0.140. The molecular weight excluding hydrogens is 259 g/mol. The molecule has 4 nitrogen and oxygen atoms in total. The van der Waals surface area contributed by atoms with Crippen molar-refractivity contribution in [3.8, 4) is 0 Å². The molecule has 0 aromatic rings. The Morgan fingerprint density at radius 1 is 1.37 bits per heavy atom. The van der Waals surface area contributed by atoms with Crippen molar-refractivity contribution in [3.05, 3.63) is 0 Å². The molecule has 1 N–H and O–H groups in total. The number of nitrogens with one attached hydrogen (secondary N) is 1. The first-order chi connectivity index (χ1) is 8.93. The van der Waals surface area contributed by atoms with E-state index >= 15 is 0 Å². The molecule has 110 valence electrons. The fraction of sp³-hybridized carbons (Fsp3) is 0.917. The maximum absolute atomic E-state index is 13.2. The molecule has 0 radical (unpaired) electrons. The second-order valence-corrected chi connectivity index (χ2v) is 5.10. The number of likely N-dealkylation sites (tertiary alicyclic amines) is 1. The number of hydrogen-bond acceptors (Lipinski definition) is 3. The van der Waals surface area contributed by atoms with Gasteiger partial charge in [-0.3, -0.25) is 14.6 Å². The summed E-state index contributed by atoms with van der Waals surface area (Å²) in [6.45, 7) is 3.38. The van der Waals surface area contributed by atoms with Gasteiger partial charge in [0.15, 0.2) is 0 Å². The van der Waals surface area contributed by atoms with Gasteiger partial charge in [0.1, 0.15) is 6.04 Å². The summed E-state index contributed by atoms with van der Waals surface area (Å²) in [6, 6.07) is -1.57. The van der Waals surface area contributed by atoms with Gasteiger partial charge in [-0.15, -0.1) is 0 Å². The first-order valence-electron chi connectivity index (χ1n) is 6.76. The molecule has 0 saturated carbocycles. The molecule has 19 heavy (non-hydrogen) atoms. The van der Waals surface area contributed by atoms with E-state index in [9.17, 15) is 18.0 Å². The van der Waals surface area contributed by atoms with E-state index in [4.69, 9.17) is 0 Å². The molecule has 0 spiro atoms. The molecule has 2 saturated heterocycles. The summed E-state index contributed by atoms with van der Waals surface area (Å²) in [7, 11) is 0. The number of rotatable bonds is 2. The molecule has 0 aliphatic carbocycles. The summed E-state index contributed by atoms with van der Waals surface area (Å²) in [5.74, 6) is -0.294. The van der Waals surface area contributed by atoms with E-state index in [1.165, 1.54) is 4.90 Å². The van der Waals surface area contributed by atoms with Crippen LogP contribution in [-0.4, -0.2) is 60.3 Å². The second kappa shape index (κ2) is 5.66. The highest BCUT2D eigenvalue weighted by Gasteiger charge is 2.48. The molecule has 0 bridgehead atoms. The van der Waals surface area contributed by atoms with E-state index < -0.39 is 12.2 Å².